The SMILES string of the molecule is CCCn1cc(C(NC)c2ccccc2F)cn1. The molecule has 1 heterocycles. The van der Waals surface area contributed by atoms with Crippen molar-refractivity contribution in [3.8, 4) is 0 Å². The molecule has 4 heteroatoms. The normalized spacial score (nSPS) is 12.6. The van der Waals surface area contributed by atoms with Gasteiger partial charge in [-0.2, -0.15) is 5.10 Å². The number of hydrogen-bond donors (Lipinski definition) is 1. The van der Waals surface area contributed by atoms with Crippen molar-refractivity contribution in [3.05, 3.63) is 53.6 Å². The van der Waals surface area contributed by atoms with Gasteiger partial charge in [0.2, 0.25) is 0 Å². The topological polar surface area (TPSA) is 29.9 Å². The highest BCUT2D eigenvalue weighted by molar-refractivity contribution is 5.30. The Hall–Kier alpha value is -1.68. The third kappa shape index (κ3) is 2.59. The second-order valence-electron chi connectivity index (χ2n) is 4.28. The molecule has 0 radical (unpaired) electrons. The number of nitrogens with zero attached hydrogens (tertiary/aromatic N) is 2. The van der Waals surface area contributed by atoms with E-state index in [1.807, 2.05) is 24.0 Å². The van der Waals surface area contributed by atoms with Crippen molar-refractivity contribution in [3.63, 3.8) is 0 Å². The molecule has 0 saturated carbocycles. The van der Waals surface area contributed by atoms with Crippen molar-refractivity contribution in [2.75, 3.05) is 7.05 Å². The maximum absolute atomic E-state index is 13.8. The van der Waals surface area contributed by atoms with Gasteiger partial charge in [-0.3, -0.25) is 4.68 Å². The summed E-state index contributed by atoms with van der Waals surface area (Å²) in [6.45, 7) is 2.99. The van der Waals surface area contributed by atoms with Gasteiger partial charge in [0.25, 0.3) is 0 Å². The van der Waals surface area contributed by atoms with E-state index in [1.54, 1.807) is 18.3 Å². The molecular formula is C14H18FN3. The number of halogens is 1. The maximum atomic E-state index is 13.8. The lowest BCUT2D eigenvalue weighted by molar-refractivity contribution is 0.574. The van der Waals surface area contributed by atoms with Gasteiger partial charge in [0.15, 0.2) is 0 Å². The molecule has 1 N–H and O–H groups in total. The molecule has 1 aromatic carbocycles. The van der Waals surface area contributed by atoms with Crippen molar-refractivity contribution in [2.24, 2.45) is 0 Å². The summed E-state index contributed by atoms with van der Waals surface area (Å²) in [6, 6.07) is 6.67. The van der Waals surface area contributed by atoms with Gasteiger partial charge in [-0.15, -0.1) is 0 Å². The lowest BCUT2D eigenvalue weighted by Crippen LogP contribution is -2.18. The Bertz CT molecular complexity index is 507. The molecular weight excluding hydrogens is 229 g/mol. The molecule has 2 rings (SSSR count). The fourth-order valence-corrected chi connectivity index (χ4v) is 2.09. The van der Waals surface area contributed by atoms with E-state index in [0.29, 0.717) is 5.56 Å². The first-order valence-corrected chi connectivity index (χ1v) is 6.20. The van der Waals surface area contributed by atoms with Gasteiger partial charge in [0, 0.05) is 23.9 Å². The number of aryl methyl sites for hydroxylation is 1. The number of benzene rings is 1. The number of hydrogen-bond acceptors (Lipinski definition) is 2. The van der Waals surface area contributed by atoms with Gasteiger partial charge in [-0.1, -0.05) is 25.1 Å². The van der Waals surface area contributed by atoms with Crippen molar-refractivity contribution in [2.45, 2.75) is 25.9 Å². The van der Waals surface area contributed by atoms with Crippen LogP contribution in [0.3, 0.4) is 0 Å². The summed E-state index contributed by atoms with van der Waals surface area (Å²) >= 11 is 0. The molecule has 2 aromatic rings. The average molecular weight is 247 g/mol. The lowest BCUT2D eigenvalue weighted by atomic mass is 10.0. The molecule has 0 fully saturated rings. The number of rotatable bonds is 5. The zero-order valence-corrected chi connectivity index (χ0v) is 10.7. The highest BCUT2D eigenvalue weighted by Gasteiger charge is 2.17. The quantitative estimate of drug-likeness (QED) is 0.880. The Morgan fingerprint density at radius 2 is 2.17 bits per heavy atom. The molecule has 0 aliphatic heterocycles. The molecule has 1 unspecified atom stereocenters. The van der Waals surface area contributed by atoms with Gasteiger partial charge in [-0.05, 0) is 19.5 Å². The van der Waals surface area contributed by atoms with E-state index in [9.17, 15) is 4.39 Å². The van der Waals surface area contributed by atoms with Crippen molar-refractivity contribution >= 4 is 0 Å². The number of aromatic nitrogens is 2. The summed E-state index contributed by atoms with van der Waals surface area (Å²) in [4.78, 5) is 0. The molecule has 1 aromatic heterocycles. The summed E-state index contributed by atoms with van der Waals surface area (Å²) in [5.74, 6) is -0.194. The first-order chi connectivity index (χ1) is 8.76. The number of nitrogens with one attached hydrogen (secondary N) is 1. The zero-order valence-electron chi connectivity index (χ0n) is 10.7. The fourth-order valence-electron chi connectivity index (χ4n) is 2.09. The third-order valence-corrected chi connectivity index (χ3v) is 2.94. The maximum Gasteiger partial charge on any atom is 0.128 e. The predicted octanol–water partition coefficient (Wildman–Crippen LogP) is 2.74. The summed E-state index contributed by atoms with van der Waals surface area (Å²) < 4.78 is 15.7. The minimum atomic E-state index is -0.194. The van der Waals surface area contributed by atoms with Crippen LogP contribution < -0.4 is 5.32 Å². The van der Waals surface area contributed by atoms with Crippen LogP contribution in [0.25, 0.3) is 0 Å². The second kappa shape index (κ2) is 5.78. The molecule has 0 amide bonds. The van der Waals surface area contributed by atoms with Crippen LogP contribution in [0.15, 0.2) is 36.7 Å². The van der Waals surface area contributed by atoms with Crippen LogP contribution in [0, 0.1) is 5.82 Å². The monoisotopic (exact) mass is 247 g/mol. The van der Waals surface area contributed by atoms with Crippen LogP contribution in [-0.2, 0) is 6.54 Å². The molecule has 18 heavy (non-hydrogen) atoms. The predicted molar refractivity (Wildman–Crippen MR) is 69.8 cm³/mol. The van der Waals surface area contributed by atoms with E-state index < -0.39 is 0 Å². The average Bonchev–Trinajstić information content (AvgIpc) is 2.82. The minimum absolute atomic E-state index is 0.156. The van der Waals surface area contributed by atoms with Crippen molar-refractivity contribution in [1.29, 1.82) is 0 Å². The van der Waals surface area contributed by atoms with Crippen molar-refractivity contribution < 1.29 is 4.39 Å². The van der Waals surface area contributed by atoms with E-state index in [0.717, 1.165) is 18.5 Å². The van der Waals surface area contributed by atoms with E-state index in [1.165, 1.54) is 6.07 Å². The molecule has 0 aliphatic carbocycles. The Labute approximate surface area is 107 Å². The molecule has 0 saturated heterocycles. The van der Waals surface area contributed by atoms with Gasteiger partial charge < -0.3 is 5.32 Å². The minimum Gasteiger partial charge on any atom is -0.309 e. The largest absolute Gasteiger partial charge is 0.309 e. The Balaban J connectivity index is 2.30. The summed E-state index contributed by atoms with van der Waals surface area (Å²) in [7, 11) is 1.83. The molecule has 0 aliphatic rings. The van der Waals surface area contributed by atoms with Gasteiger partial charge in [-0.25, -0.2) is 4.39 Å². The highest BCUT2D eigenvalue weighted by atomic mass is 19.1. The van der Waals surface area contributed by atoms with Crippen LogP contribution in [0.4, 0.5) is 4.39 Å². The molecule has 0 bridgehead atoms. The summed E-state index contributed by atoms with van der Waals surface area (Å²) in [5.41, 5.74) is 1.63. The molecule has 0 spiro atoms. The molecule has 1 atom stereocenters. The Kier molecular flexibility index (Phi) is 4.10. The van der Waals surface area contributed by atoms with Crippen LogP contribution in [0.1, 0.15) is 30.5 Å². The van der Waals surface area contributed by atoms with E-state index in [4.69, 9.17) is 0 Å². The van der Waals surface area contributed by atoms with E-state index in [2.05, 4.69) is 17.3 Å². The zero-order chi connectivity index (χ0) is 13.0. The third-order valence-electron chi connectivity index (χ3n) is 2.94. The lowest BCUT2D eigenvalue weighted by Gasteiger charge is -2.15. The highest BCUT2D eigenvalue weighted by Crippen LogP contribution is 2.23. The van der Waals surface area contributed by atoms with E-state index >= 15 is 0 Å². The van der Waals surface area contributed by atoms with Crippen molar-refractivity contribution in [1.82, 2.24) is 15.1 Å². The Morgan fingerprint density at radius 1 is 1.39 bits per heavy atom. The smallest absolute Gasteiger partial charge is 0.128 e. The molecule has 3 nitrogen and oxygen atoms in total. The van der Waals surface area contributed by atoms with Crippen LogP contribution in [0.5, 0.6) is 0 Å². The standard InChI is InChI=1S/C14H18FN3/c1-3-8-18-10-11(9-17-18)14(16-2)12-6-4-5-7-13(12)15/h4-7,9-10,14,16H,3,8H2,1-2H3. The van der Waals surface area contributed by atoms with Crippen LogP contribution >= 0.6 is 0 Å². The van der Waals surface area contributed by atoms with Crippen LogP contribution in [0.2, 0.25) is 0 Å². The van der Waals surface area contributed by atoms with Crippen LogP contribution in [-0.4, -0.2) is 16.8 Å². The van der Waals surface area contributed by atoms with Gasteiger partial charge in [0.05, 0.1) is 12.2 Å². The molecule has 96 valence electrons. The fraction of sp³-hybridized carbons (Fsp3) is 0.357. The van der Waals surface area contributed by atoms with Gasteiger partial charge in [0.1, 0.15) is 5.82 Å². The first-order valence-electron chi connectivity index (χ1n) is 6.20. The van der Waals surface area contributed by atoms with E-state index in [-0.39, 0.29) is 11.9 Å². The summed E-state index contributed by atoms with van der Waals surface area (Å²) in [5, 5.41) is 7.42. The first kappa shape index (κ1) is 12.8. The second-order valence-corrected chi connectivity index (χ2v) is 4.28. The summed E-state index contributed by atoms with van der Waals surface area (Å²) in [6.07, 6.45) is 4.80. The Morgan fingerprint density at radius 3 is 2.83 bits per heavy atom. The van der Waals surface area contributed by atoms with Gasteiger partial charge >= 0.3 is 0 Å².